The van der Waals surface area contributed by atoms with Crippen LogP contribution >= 0.6 is 0 Å². The molecule has 0 bridgehead atoms. The fourth-order valence-electron chi connectivity index (χ4n) is 2.66. The SMILES string of the molecule is NC(=O)c1ccc(NC(=O)Cn2c(=O)ccn(Cc3ccccc3)c2=O)cc1. The molecule has 3 N–H and O–H groups in total. The van der Waals surface area contributed by atoms with Gasteiger partial charge in [-0.25, -0.2) is 4.79 Å². The molecule has 0 aliphatic heterocycles. The Kier molecular flexibility index (Phi) is 5.50. The number of hydrogen-bond donors (Lipinski definition) is 2. The molecule has 0 aliphatic carbocycles. The van der Waals surface area contributed by atoms with Crippen molar-refractivity contribution in [1.29, 1.82) is 0 Å². The van der Waals surface area contributed by atoms with Crippen LogP contribution in [-0.4, -0.2) is 20.9 Å². The average Bonchev–Trinajstić information content (AvgIpc) is 2.68. The van der Waals surface area contributed by atoms with Gasteiger partial charge in [-0.3, -0.25) is 23.5 Å². The molecule has 3 aromatic rings. The molecule has 28 heavy (non-hydrogen) atoms. The maximum Gasteiger partial charge on any atom is 0.331 e. The molecule has 8 nitrogen and oxygen atoms in total. The van der Waals surface area contributed by atoms with Gasteiger partial charge in [-0.15, -0.1) is 0 Å². The van der Waals surface area contributed by atoms with E-state index >= 15 is 0 Å². The molecule has 142 valence electrons. The van der Waals surface area contributed by atoms with Gasteiger partial charge in [0.05, 0.1) is 6.54 Å². The Morgan fingerprint density at radius 3 is 2.25 bits per heavy atom. The maximum atomic E-state index is 12.6. The number of anilines is 1. The largest absolute Gasteiger partial charge is 0.366 e. The van der Waals surface area contributed by atoms with Gasteiger partial charge in [-0.2, -0.15) is 0 Å². The number of carbonyl (C=O) groups is 2. The number of benzene rings is 2. The van der Waals surface area contributed by atoms with E-state index in [0.717, 1.165) is 10.1 Å². The van der Waals surface area contributed by atoms with Crippen LogP contribution in [0.4, 0.5) is 5.69 Å². The molecule has 0 radical (unpaired) electrons. The van der Waals surface area contributed by atoms with Crippen LogP contribution in [-0.2, 0) is 17.9 Å². The molecular formula is C20H18N4O4. The van der Waals surface area contributed by atoms with Crippen molar-refractivity contribution in [3.8, 4) is 0 Å². The molecule has 1 heterocycles. The maximum absolute atomic E-state index is 12.6. The van der Waals surface area contributed by atoms with Crippen molar-refractivity contribution < 1.29 is 9.59 Å². The number of amides is 2. The van der Waals surface area contributed by atoms with Crippen molar-refractivity contribution in [2.24, 2.45) is 5.73 Å². The molecule has 0 saturated heterocycles. The van der Waals surface area contributed by atoms with Crippen LogP contribution < -0.4 is 22.3 Å². The van der Waals surface area contributed by atoms with E-state index in [1.165, 1.54) is 41.1 Å². The molecule has 0 unspecified atom stereocenters. The lowest BCUT2D eigenvalue weighted by Crippen LogP contribution is -2.41. The Morgan fingerprint density at radius 1 is 0.929 bits per heavy atom. The van der Waals surface area contributed by atoms with Gasteiger partial charge in [0.25, 0.3) is 5.56 Å². The van der Waals surface area contributed by atoms with E-state index in [-0.39, 0.29) is 6.54 Å². The van der Waals surface area contributed by atoms with Crippen LogP contribution in [0.25, 0.3) is 0 Å². The highest BCUT2D eigenvalue weighted by molar-refractivity contribution is 5.94. The first-order valence-corrected chi connectivity index (χ1v) is 8.48. The van der Waals surface area contributed by atoms with E-state index in [0.29, 0.717) is 11.3 Å². The average molecular weight is 378 g/mol. The van der Waals surface area contributed by atoms with Gasteiger partial charge in [0.15, 0.2) is 0 Å². The van der Waals surface area contributed by atoms with E-state index in [4.69, 9.17) is 5.73 Å². The standard InChI is InChI=1S/C20H18N4O4/c21-19(27)15-6-8-16(9-7-15)22-17(25)13-24-18(26)10-11-23(20(24)28)12-14-4-2-1-3-5-14/h1-11H,12-13H2,(H2,21,27)(H,22,25). The van der Waals surface area contributed by atoms with Gasteiger partial charge in [0, 0.05) is 23.5 Å². The molecule has 2 aromatic carbocycles. The quantitative estimate of drug-likeness (QED) is 0.660. The Bertz CT molecular complexity index is 1120. The minimum Gasteiger partial charge on any atom is -0.366 e. The molecule has 1 aromatic heterocycles. The number of hydrogen-bond acceptors (Lipinski definition) is 4. The second-order valence-electron chi connectivity index (χ2n) is 6.13. The summed E-state index contributed by atoms with van der Waals surface area (Å²) in [6, 6.07) is 16.5. The topological polar surface area (TPSA) is 116 Å². The normalized spacial score (nSPS) is 10.4. The molecule has 0 fully saturated rings. The zero-order valence-electron chi connectivity index (χ0n) is 14.9. The van der Waals surface area contributed by atoms with Crippen LogP contribution in [0.2, 0.25) is 0 Å². The van der Waals surface area contributed by atoms with E-state index in [9.17, 15) is 19.2 Å². The van der Waals surface area contributed by atoms with Crippen LogP contribution in [0, 0.1) is 0 Å². The lowest BCUT2D eigenvalue weighted by Gasteiger charge is -2.10. The third-order valence-electron chi connectivity index (χ3n) is 4.09. The van der Waals surface area contributed by atoms with Gasteiger partial charge in [-0.05, 0) is 29.8 Å². The molecule has 3 rings (SSSR count). The summed E-state index contributed by atoms with van der Waals surface area (Å²) in [4.78, 5) is 48.0. The van der Waals surface area contributed by atoms with Crippen LogP contribution in [0.3, 0.4) is 0 Å². The third kappa shape index (κ3) is 4.42. The molecule has 0 spiro atoms. The first-order chi connectivity index (χ1) is 13.4. The summed E-state index contributed by atoms with van der Waals surface area (Å²) in [5, 5.41) is 2.58. The minimum absolute atomic E-state index is 0.288. The summed E-state index contributed by atoms with van der Waals surface area (Å²) >= 11 is 0. The first kappa shape index (κ1) is 18.8. The minimum atomic E-state index is -0.576. The summed E-state index contributed by atoms with van der Waals surface area (Å²) in [7, 11) is 0. The lowest BCUT2D eigenvalue weighted by atomic mass is 10.2. The number of nitrogens with one attached hydrogen (secondary N) is 1. The van der Waals surface area contributed by atoms with Gasteiger partial charge >= 0.3 is 5.69 Å². The number of nitrogens with zero attached hydrogens (tertiary/aromatic N) is 2. The smallest absolute Gasteiger partial charge is 0.331 e. The van der Waals surface area contributed by atoms with Crippen molar-refractivity contribution >= 4 is 17.5 Å². The highest BCUT2D eigenvalue weighted by atomic mass is 16.2. The predicted octanol–water partition coefficient (Wildman–Crippen LogP) is 0.796. The van der Waals surface area contributed by atoms with Crippen molar-refractivity contribution in [3.63, 3.8) is 0 Å². The van der Waals surface area contributed by atoms with Crippen molar-refractivity contribution in [3.05, 3.63) is 98.8 Å². The molecule has 0 aliphatic rings. The van der Waals surface area contributed by atoms with Crippen molar-refractivity contribution in [2.75, 3.05) is 5.32 Å². The van der Waals surface area contributed by atoms with Gasteiger partial charge < -0.3 is 11.1 Å². The van der Waals surface area contributed by atoms with Crippen molar-refractivity contribution in [2.45, 2.75) is 13.1 Å². The van der Waals surface area contributed by atoms with E-state index < -0.39 is 29.6 Å². The fraction of sp³-hybridized carbons (Fsp3) is 0.100. The van der Waals surface area contributed by atoms with E-state index in [1.54, 1.807) is 0 Å². The van der Waals surface area contributed by atoms with E-state index in [2.05, 4.69) is 5.32 Å². The third-order valence-corrected chi connectivity index (χ3v) is 4.09. The highest BCUT2D eigenvalue weighted by Gasteiger charge is 2.11. The number of nitrogens with two attached hydrogens (primary N) is 1. The number of rotatable bonds is 6. The van der Waals surface area contributed by atoms with Gasteiger partial charge in [0.2, 0.25) is 11.8 Å². The summed E-state index contributed by atoms with van der Waals surface area (Å²) < 4.78 is 2.24. The van der Waals surface area contributed by atoms with Gasteiger partial charge in [-0.1, -0.05) is 30.3 Å². The Labute approximate surface area is 159 Å². The first-order valence-electron chi connectivity index (χ1n) is 8.48. The van der Waals surface area contributed by atoms with Gasteiger partial charge in [0.1, 0.15) is 6.54 Å². The molecular weight excluding hydrogens is 360 g/mol. The molecule has 2 amide bonds. The highest BCUT2D eigenvalue weighted by Crippen LogP contribution is 2.09. The van der Waals surface area contributed by atoms with Crippen molar-refractivity contribution in [1.82, 2.24) is 9.13 Å². The zero-order chi connectivity index (χ0) is 20.1. The Balaban J connectivity index is 1.76. The summed E-state index contributed by atoms with van der Waals surface area (Å²) in [5.74, 6) is -1.11. The van der Waals surface area contributed by atoms with Crippen LogP contribution in [0.5, 0.6) is 0 Å². The Hall–Kier alpha value is -3.94. The number of carbonyl (C=O) groups excluding carboxylic acids is 2. The summed E-state index contributed by atoms with van der Waals surface area (Å²) in [6.07, 6.45) is 1.41. The molecule has 0 saturated carbocycles. The number of aromatic nitrogens is 2. The zero-order valence-corrected chi connectivity index (χ0v) is 14.9. The summed E-state index contributed by atoms with van der Waals surface area (Å²) in [6.45, 7) is -0.138. The molecule has 8 heteroatoms. The second kappa shape index (κ2) is 8.17. The fourth-order valence-corrected chi connectivity index (χ4v) is 2.66. The Morgan fingerprint density at radius 2 is 1.61 bits per heavy atom. The number of primary amides is 1. The molecule has 0 atom stereocenters. The summed E-state index contributed by atoms with van der Waals surface area (Å²) in [5.41, 5.74) is 5.66. The van der Waals surface area contributed by atoms with E-state index in [1.807, 2.05) is 30.3 Å². The van der Waals surface area contributed by atoms with Crippen LogP contribution in [0.15, 0.2) is 76.4 Å². The second-order valence-corrected chi connectivity index (χ2v) is 6.13. The predicted molar refractivity (Wildman–Crippen MR) is 104 cm³/mol. The monoisotopic (exact) mass is 378 g/mol. The lowest BCUT2D eigenvalue weighted by molar-refractivity contribution is -0.116. The van der Waals surface area contributed by atoms with Crippen LogP contribution in [0.1, 0.15) is 15.9 Å².